The number of rotatable bonds is 4. The molecule has 0 aliphatic rings. The van der Waals surface area contributed by atoms with Gasteiger partial charge in [-0.2, -0.15) is 0 Å². The molecule has 0 aromatic heterocycles. The van der Waals surface area contributed by atoms with Crippen LogP contribution in [-0.2, 0) is 0 Å². The summed E-state index contributed by atoms with van der Waals surface area (Å²) in [7, 11) is 0. The van der Waals surface area contributed by atoms with Crippen molar-refractivity contribution in [2.75, 3.05) is 11.9 Å². The Labute approximate surface area is 120 Å². The van der Waals surface area contributed by atoms with Crippen molar-refractivity contribution in [2.24, 2.45) is 5.73 Å². The molecule has 0 saturated carbocycles. The van der Waals surface area contributed by atoms with E-state index >= 15 is 0 Å². The zero-order valence-electron chi connectivity index (χ0n) is 11.0. The van der Waals surface area contributed by atoms with E-state index in [1.54, 1.807) is 0 Å². The second-order valence-corrected chi connectivity index (χ2v) is 4.18. The average molecular weight is 288 g/mol. The summed E-state index contributed by atoms with van der Waals surface area (Å²) in [6.45, 7) is -0.0831. The number of ketones is 1. The third-order valence-electron chi connectivity index (χ3n) is 2.64. The molecule has 2 rings (SSSR count). The maximum absolute atomic E-state index is 13.0. The topological polar surface area (TPSA) is 81.4 Å². The van der Waals surface area contributed by atoms with E-state index in [1.165, 1.54) is 48.5 Å². The first-order valence-corrected chi connectivity index (χ1v) is 6.16. The summed E-state index contributed by atoms with van der Waals surface area (Å²) < 4.78 is 18.0. The Balaban J connectivity index is 1.98. The highest BCUT2D eigenvalue weighted by Gasteiger charge is 2.07. The van der Waals surface area contributed by atoms with Gasteiger partial charge in [0.05, 0.1) is 6.54 Å². The number of nitrogens with two attached hydrogens (primary N) is 1. The maximum Gasteiger partial charge on any atom is 0.417 e. The van der Waals surface area contributed by atoms with Crippen LogP contribution in [0.5, 0.6) is 5.75 Å². The lowest BCUT2D eigenvalue weighted by Gasteiger charge is -2.07. The SMILES string of the molecule is NCC(=O)c1ccc(OC(=O)Nc2cccc(F)c2)cc1. The zero-order valence-corrected chi connectivity index (χ0v) is 11.0. The van der Waals surface area contributed by atoms with E-state index in [1.807, 2.05) is 0 Å². The van der Waals surface area contributed by atoms with E-state index in [0.29, 0.717) is 5.56 Å². The molecule has 2 aromatic rings. The van der Waals surface area contributed by atoms with Crippen LogP contribution >= 0.6 is 0 Å². The van der Waals surface area contributed by atoms with Crippen LogP contribution in [0.25, 0.3) is 0 Å². The Morgan fingerprint density at radius 2 is 1.86 bits per heavy atom. The van der Waals surface area contributed by atoms with Gasteiger partial charge in [-0.1, -0.05) is 6.07 Å². The maximum atomic E-state index is 13.0. The van der Waals surface area contributed by atoms with Crippen LogP contribution in [0, 0.1) is 5.82 Å². The fourth-order valence-electron chi connectivity index (χ4n) is 1.64. The van der Waals surface area contributed by atoms with E-state index in [9.17, 15) is 14.0 Å². The zero-order chi connectivity index (χ0) is 15.2. The molecule has 0 atom stereocenters. The lowest BCUT2D eigenvalue weighted by molar-refractivity contribution is 0.100. The van der Waals surface area contributed by atoms with Crippen molar-refractivity contribution in [2.45, 2.75) is 0 Å². The number of halogens is 1. The summed E-state index contributed by atoms with van der Waals surface area (Å²) in [4.78, 5) is 23.0. The van der Waals surface area contributed by atoms with Gasteiger partial charge < -0.3 is 10.5 Å². The number of anilines is 1. The number of benzene rings is 2. The lowest BCUT2D eigenvalue weighted by Crippen LogP contribution is -2.17. The minimum absolute atomic E-state index is 0.0831. The van der Waals surface area contributed by atoms with Crippen molar-refractivity contribution >= 4 is 17.6 Å². The molecule has 3 N–H and O–H groups in total. The van der Waals surface area contributed by atoms with Crippen molar-refractivity contribution < 1.29 is 18.7 Å². The number of nitrogens with one attached hydrogen (secondary N) is 1. The summed E-state index contributed by atoms with van der Waals surface area (Å²) in [6.07, 6.45) is -0.751. The summed E-state index contributed by atoms with van der Waals surface area (Å²) in [5.74, 6) is -0.402. The van der Waals surface area contributed by atoms with Gasteiger partial charge in [-0.25, -0.2) is 9.18 Å². The number of hydrogen-bond acceptors (Lipinski definition) is 4. The normalized spacial score (nSPS) is 10.0. The highest BCUT2D eigenvalue weighted by molar-refractivity contribution is 5.97. The Kier molecular flexibility index (Phi) is 4.63. The third-order valence-corrected chi connectivity index (χ3v) is 2.64. The van der Waals surface area contributed by atoms with Crippen molar-refractivity contribution in [1.29, 1.82) is 0 Å². The molecule has 0 saturated heterocycles. The first kappa shape index (κ1) is 14.7. The fourth-order valence-corrected chi connectivity index (χ4v) is 1.64. The molecule has 0 fully saturated rings. The first-order chi connectivity index (χ1) is 10.1. The predicted molar refractivity (Wildman–Crippen MR) is 75.9 cm³/mol. The molecule has 0 unspecified atom stereocenters. The van der Waals surface area contributed by atoms with E-state index in [0.717, 1.165) is 0 Å². The number of Topliss-reactive ketones (excluding diaryl/α,β-unsaturated/α-hetero) is 1. The minimum Gasteiger partial charge on any atom is -0.410 e. The van der Waals surface area contributed by atoms with E-state index < -0.39 is 11.9 Å². The predicted octanol–water partition coefficient (Wildman–Crippen LogP) is 2.58. The molecular weight excluding hydrogens is 275 g/mol. The molecule has 5 nitrogen and oxygen atoms in total. The Bertz CT molecular complexity index is 656. The van der Waals surface area contributed by atoms with Crippen LogP contribution in [0.15, 0.2) is 48.5 Å². The standard InChI is InChI=1S/C15H13FN2O3/c16-11-2-1-3-12(8-11)18-15(20)21-13-6-4-10(5-7-13)14(19)9-17/h1-8H,9,17H2,(H,18,20). The van der Waals surface area contributed by atoms with E-state index in [2.05, 4.69) is 5.32 Å². The number of ether oxygens (including phenoxy) is 1. The van der Waals surface area contributed by atoms with Gasteiger partial charge >= 0.3 is 6.09 Å². The average Bonchev–Trinajstić information content (AvgIpc) is 2.47. The highest BCUT2D eigenvalue weighted by atomic mass is 19.1. The molecule has 0 spiro atoms. The van der Waals surface area contributed by atoms with E-state index in [-0.39, 0.29) is 23.8 Å². The van der Waals surface area contributed by atoms with Gasteiger partial charge in [0, 0.05) is 11.3 Å². The molecule has 0 aliphatic heterocycles. The Hall–Kier alpha value is -2.73. The van der Waals surface area contributed by atoms with Crippen molar-refractivity contribution in [3.05, 3.63) is 59.9 Å². The molecule has 21 heavy (non-hydrogen) atoms. The Morgan fingerprint density at radius 3 is 2.48 bits per heavy atom. The van der Waals surface area contributed by atoms with Gasteiger partial charge in [0.1, 0.15) is 11.6 Å². The molecule has 0 heterocycles. The van der Waals surface area contributed by atoms with Crippen molar-refractivity contribution in [3.8, 4) is 5.75 Å². The van der Waals surface area contributed by atoms with Crippen molar-refractivity contribution in [3.63, 3.8) is 0 Å². The van der Waals surface area contributed by atoms with Gasteiger partial charge in [-0.05, 0) is 42.5 Å². The van der Waals surface area contributed by atoms with Crippen molar-refractivity contribution in [1.82, 2.24) is 0 Å². The molecule has 0 bridgehead atoms. The van der Waals surface area contributed by atoms with Gasteiger partial charge in [0.2, 0.25) is 0 Å². The van der Waals surface area contributed by atoms with Gasteiger partial charge in [-0.3, -0.25) is 10.1 Å². The molecule has 6 heteroatoms. The molecule has 0 radical (unpaired) electrons. The summed E-state index contributed by atoms with van der Waals surface area (Å²) in [5, 5.41) is 2.39. The highest BCUT2D eigenvalue weighted by Crippen LogP contribution is 2.14. The van der Waals surface area contributed by atoms with Gasteiger partial charge in [-0.15, -0.1) is 0 Å². The number of carbonyl (C=O) groups is 2. The number of carbonyl (C=O) groups excluding carboxylic acids is 2. The second-order valence-electron chi connectivity index (χ2n) is 4.18. The van der Waals surface area contributed by atoms with Crippen LogP contribution < -0.4 is 15.8 Å². The number of hydrogen-bond donors (Lipinski definition) is 2. The Morgan fingerprint density at radius 1 is 1.14 bits per heavy atom. The minimum atomic E-state index is -0.751. The van der Waals surface area contributed by atoms with Crippen LogP contribution in [0.2, 0.25) is 0 Å². The van der Waals surface area contributed by atoms with Crippen LogP contribution in [0.3, 0.4) is 0 Å². The fraction of sp³-hybridized carbons (Fsp3) is 0.0667. The lowest BCUT2D eigenvalue weighted by atomic mass is 10.1. The van der Waals surface area contributed by atoms with Gasteiger partial charge in [0.15, 0.2) is 5.78 Å². The molecule has 0 aliphatic carbocycles. The van der Waals surface area contributed by atoms with Gasteiger partial charge in [0.25, 0.3) is 0 Å². The number of amides is 1. The quantitative estimate of drug-likeness (QED) is 0.847. The summed E-state index contributed by atoms with van der Waals surface area (Å²) >= 11 is 0. The van der Waals surface area contributed by atoms with Crippen LogP contribution in [-0.4, -0.2) is 18.4 Å². The third kappa shape index (κ3) is 4.12. The van der Waals surface area contributed by atoms with E-state index in [4.69, 9.17) is 10.5 Å². The van der Waals surface area contributed by atoms with Crippen LogP contribution in [0.4, 0.5) is 14.9 Å². The van der Waals surface area contributed by atoms with Crippen LogP contribution in [0.1, 0.15) is 10.4 Å². The largest absolute Gasteiger partial charge is 0.417 e. The first-order valence-electron chi connectivity index (χ1n) is 6.16. The molecular formula is C15H13FN2O3. The summed E-state index contributed by atoms with van der Waals surface area (Å²) in [6, 6.07) is 11.4. The smallest absolute Gasteiger partial charge is 0.410 e. The second kappa shape index (κ2) is 6.62. The molecule has 2 aromatic carbocycles. The molecule has 1 amide bonds. The monoisotopic (exact) mass is 288 g/mol. The summed E-state index contributed by atoms with van der Waals surface area (Å²) in [5.41, 5.74) is 5.97. The molecule has 108 valence electrons.